The molecule has 1 rings (SSSR count). The number of unbranched alkanes of at least 4 members (excludes halogenated alkanes) is 2. The highest BCUT2D eigenvalue weighted by molar-refractivity contribution is 5.03. The molecule has 0 unspecified atom stereocenters. The van der Waals surface area contributed by atoms with Gasteiger partial charge in [-0.15, -0.1) is 0 Å². The second kappa shape index (κ2) is 8.25. The molecule has 0 aromatic carbocycles. The standard InChI is InChI=1S/C16H28N2/c1-4-5-7-11-16(2,3)14-17-13-10-15-9-6-8-12-18-15/h6,8-9,12,17H,4-5,7,10-11,13-14H2,1-3H3. The summed E-state index contributed by atoms with van der Waals surface area (Å²) in [5, 5.41) is 3.56. The van der Waals surface area contributed by atoms with Crippen molar-refractivity contribution in [1.82, 2.24) is 10.3 Å². The van der Waals surface area contributed by atoms with Crippen LogP contribution >= 0.6 is 0 Å². The van der Waals surface area contributed by atoms with Crippen LogP contribution in [-0.4, -0.2) is 18.1 Å². The van der Waals surface area contributed by atoms with Gasteiger partial charge in [0, 0.05) is 31.4 Å². The molecule has 0 radical (unpaired) electrons. The summed E-state index contributed by atoms with van der Waals surface area (Å²) in [6, 6.07) is 6.11. The van der Waals surface area contributed by atoms with Crippen LogP contribution in [0.4, 0.5) is 0 Å². The molecule has 0 aliphatic carbocycles. The van der Waals surface area contributed by atoms with Crippen LogP contribution in [0.1, 0.15) is 52.1 Å². The predicted molar refractivity (Wildman–Crippen MR) is 78.7 cm³/mol. The number of hydrogen-bond donors (Lipinski definition) is 1. The molecular weight excluding hydrogens is 220 g/mol. The predicted octanol–water partition coefficient (Wildman–Crippen LogP) is 3.82. The topological polar surface area (TPSA) is 24.9 Å². The minimum absolute atomic E-state index is 0.416. The Morgan fingerprint density at radius 3 is 2.72 bits per heavy atom. The summed E-state index contributed by atoms with van der Waals surface area (Å²) in [5.41, 5.74) is 1.59. The van der Waals surface area contributed by atoms with Crippen molar-refractivity contribution in [1.29, 1.82) is 0 Å². The van der Waals surface area contributed by atoms with E-state index in [0.29, 0.717) is 5.41 Å². The zero-order valence-electron chi connectivity index (χ0n) is 12.2. The van der Waals surface area contributed by atoms with Crippen LogP contribution in [-0.2, 0) is 6.42 Å². The zero-order valence-corrected chi connectivity index (χ0v) is 12.2. The van der Waals surface area contributed by atoms with Crippen molar-refractivity contribution in [3.05, 3.63) is 30.1 Å². The van der Waals surface area contributed by atoms with Gasteiger partial charge in [0.1, 0.15) is 0 Å². The summed E-state index contributed by atoms with van der Waals surface area (Å²) in [6.07, 6.45) is 8.22. The molecular formula is C16H28N2. The van der Waals surface area contributed by atoms with Crippen molar-refractivity contribution in [2.45, 2.75) is 52.9 Å². The van der Waals surface area contributed by atoms with E-state index in [-0.39, 0.29) is 0 Å². The van der Waals surface area contributed by atoms with Gasteiger partial charge in [-0.25, -0.2) is 0 Å². The minimum atomic E-state index is 0.416. The Morgan fingerprint density at radius 1 is 1.22 bits per heavy atom. The lowest BCUT2D eigenvalue weighted by molar-refractivity contribution is 0.303. The Balaban J connectivity index is 2.13. The number of aromatic nitrogens is 1. The molecule has 2 nitrogen and oxygen atoms in total. The first-order chi connectivity index (χ1) is 8.64. The highest BCUT2D eigenvalue weighted by atomic mass is 14.9. The molecule has 1 aromatic rings. The zero-order chi connectivity index (χ0) is 13.3. The summed E-state index contributed by atoms with van der Waals surface area (Å²) in [5.74, 6) is 0. The molecule has 0 atom stereocenters. The molecule has 1 N–H and O–H groups in total. The van der Waals surface area contributed by atoms with Gasteiger partial charge in [-0.2, -0.15) is 0 Å². The smallest absolute Gasteiger partial charge is 0.0416 e. The van der Waals surface area contributed by atoms with E-state index in [2.05, 4.69) is 43.2 Å². The van der Waals surface area contributed by atoms with E-state index in [1.165, 1.54) is 31.4 Å². The quantitative estimate of drug-likeness (QED) is 0.672. The molecule has 0 spiro atoms. The lowest BCUT2D eigenvalue weighted by atomic mass is 9.87. The third kappa shape index (κ3) is 6.75. The molecule has 0 fully saturated rings. The Hall–Kier alpha value is -0.890. The first-order valence-electron chi connectivity index (χ1n) is 7.25. The van der Waals surface area contributed by atoms with Crippen LogP contribution in [0.5, 0.6) is 0 Å². The van der Waals surface area contributed by atoms with Crippen LogP contribution in [0.2, 0.25) is 0 Å². The van der Waals surface area contributed by atoms with E-state index in [9.17, 15) is 0 Å². The van der Waals surface area contributed by atoms with Gasteiger partial charge in [0.15, 0.2) is 0 Å². The first-order valence-corrected chi connectivity index (χ1v) is 7.25. The maximum Gasteiger partial charge on any atom is 0.0416 e. The molecule has 0 saturated carbocycles. The van der Waals surface area contributed by atoms with Gasteiger partial charge in [0.25, 0.3) is 0 Å². The van der Waals surface area contributed by atoms with Gasteiger partial charge in [-0.3, -0.25) is 4.98 Å². The molecule has 0 aliphatic rings. The van der Waals surface area contributed by atoms with E-state index in [4.69, 9.17) is 0 Å². The van der Waals surface area contributed by atoms with Gasteiger partial charge < -0.3 is 5.32 Å². The van der Waals surface area contributed by atoms with Crippen LogP contribution in [0.15, 0.2) is 24.4 Å². The largest absolute Gasteiger partial charge is 0.316 e. The van der Waals surface area contributed by atoms with Crippen molar-refractivity contribution in [2.75, 3.05) is 13.1 Å². The molecule has 0 bridgehead atoms. The van der Waals surface area contributed by atoms with E-state index in [0.717, 1.165) is 19.5 Å². The average Bonchev–Trinajstić information content (AvgIpc) is 2.36. The lowest BCUT2D eigenvalue weighted by Gasteiger charge is -2.25. The SMILES string of the molecule is CCCCCC(C)(C)CNCCc1ccccn1. The third-order valence-corrected chi connectivity index (χ3v) is 3.34. The molecule has 18 heavy (non-hydrogen) atoms. The summed E-state index contributed by atoms with van der Waals surface area (Å²) in [6.45, 7) is 9.10. The van der Waals surface area contributed by atoms with E-state index < -0.39 is 0 Å². The van der Waals surface area contributed by atoms with Crippen molar-refractivity contribution in [3.8, 4) is 0 Å². The highest BCUT2D eigenvalue weighted by Gasteiger charge is 2.16. The molecule has 2 heteroatoms. The Labute approximate surface area is 112 Å². The van der Waals surface area contributed by atoms with Crippen molar-refractivity contribution in [2.24, 2.45) is 5.41 Å². The van der Waals surface area contributed by atoms with Crippen LogP contribution in [0.3, 0.4) is 0 Å². The Morgan fingerprint density at radius 2 is 2.06 bits per heavy atom. The average molecular weight is 248 g/mol. The lowest BCUT2D eigenvalue weighted by Crippen LogP contribution is -2.30. The number of nitrogens with zero attached hydrogens (tertiary/aromatic N) is 1. The third-order valence-electron chi connectivity index (χ3n) is 3.34. The number of rotatable bonds is 9. The van der Waals surface area contributed by atoms with E-state index in [1.54, 1.807) is 0 Å². The van der Waals surface area contributed by atoms with E-state index >= 15 is 0 Å². The molecule has 102 valence electrons. The van der Waals surface area contributed by atoms with Gasteiger partial charge in [-0.1, -0.05) is 46.1 Å². The molecule has 0 amide bonds. The minimum Gasteiger partial charge on any atom is -0.316 e. The fraction of sp³-hybridized carbons (Fsp3) is 0.688. The summed E-state index contributed by atoms with van der Waals surface area (Å²) < 4.78 is 0. The maximum absolute atomic E-state index is 4.33. The monoisotopic (exact) mass is 248 g/mol. The van der Waals surface area contributed by atoms with Crippen molar-refractivity contribution < 1.29 is 0 Å². The highest BCUT2D eigenvalue weighted by Crippen LogP contribution is 2.22. The van der Waals surface area contributed by atoms with Crippen molar-refractivity contribution in [3.63, 3.8) is 0 Å². The molecule has 1 heterocycles. The fourth-order valence-corrected chi connectivity index (χ4v) is 2.13. The molecule has 0 saturated heterocycles. The van der Waals surface area contributed by atoms with Crippen LogP contribution in [0.25, 0.3) is 0 Å². The maximum atomic E-state index is 4.33. The normalized spacial score (nSPS) is 11.7. The fourth-order valence-electron chi connectivity index (χ4n) is 2.13. The first kappa shape index (κ1) is 15.2. The van der Waals surface area contributed by atoms with Gasteiger partial charge in [0.05, 0.1) is 0 Å². The number of pyridine rings is 1. The van der Waals surface area contributed by atoms with E-state index in [1.807, 2.05) is 12.3 Å². The Kier molecular flexibility index (Phi) is 6.96. The van der Waals surface area contributed by atoms with Crippen LogP contribution < -0.4 is 5.32 Å². The number of nitrogens with one attached hydrogen (secondary N) is 1. The van der Waals surface area contributed by atoms with Crippen LogP contribution in [0, 0.1) is 5.41 Å². The van der Waals surface area contributed by atoms with Gasteiger partial charge >= 0.3 is 0 Å². The molecule has 1 aromatic heterocycles. The summed E-state index contributed by atoms with van der Waals surface area (Å²) >= 11 is 0. The second-order valence-corrected chi connectivity index (χ2v) is 5.87. The van der Waals surface area contributed by atoms with Crippen molar-refractivity contribution >= 4 is 0 Å². The van der Waals surface area contributed by atoms with Gasteiger partial charge in [0.2, 0.25) is 0 Å². The number of hydrogen-bond acceptors (Lipinski definition) is 2. The summed E-state index contributed by atoms with van der Waals surface area (Å²) in [4.78, 5) is 4.33. The second-order valence-electron chi connectivity index (χ2n) is 5.87. The summed E-state index contributed by atoms with van der Waals surface area (Å²) in [7, 11) is 0. The molecule has 0 aliphatic heterocycles. The van der Waals surface area contributed by atoms with Gasteiger partial charge in [-0.05, 0) is 24.0 Å². The Bertz CT molecular complexity index is 306.